The summed E-state index contributed by atoms with van der Waals surface area (Å²) in [5.74, 6) is -2.26. The van der Waals surface area contributed by atoms with Gasteiger partial charge in [0.05, 0.1) is 36.8 Å². The molecule has 2 aliphatic rings. The first-order valence-corrected chi connectivity index (χ1v) is 14.3. The van der Waals surface area contributed by atoms with Gasteiger partial charge in [-0.15, -0.1) is 0 Å². The van der Waals surface area contributed by atoms with Crippen LogP contribution in [0.25, 0.3) is 0 Å². The van der Waals surface area contributed by atoms with Crippen LogP contribution in [0.2, 0.25) is 0 Å². The second-order valence-corrected chi connectivity index (χ2v) is 10.6. The fraction of sp³-hybridized carbons (Fsp3) is 0.438. The number of esters is 2. The van der Waals surface area contributed by atoms with Gasteiger partial charge in [-0.25, -0.2) is 4.79 Å². The Bertz CT molecular complexity index is 1380. The summed E-state index contributed by atoms with van der Waals surface area (Å²) >= 11 is 0. The summed E-state index contributed by atoms with van der Waals surface area (Å²) < 4.78 is 49.6. The standard InChI is InChI=1S/C32H35F3N2O6/c1-4-42-30(40)24-14-16-36(17-15-24)29(39)23-8-6-21(7-9-23)19-37-20(3)28(31(41)43-5-2)26(18-27(37)38)22-10-12-25(13-11-22)32(33,34)35/h6-13,24,26H,4-5,14-19H2,1-3H3/t26-/m1/s1. The van der Waals surface area contributed by atoms with Crippen molar-refractivity contribution in [1.82, 2.24) is 9.80 Å². The number of rotatable bonds is 8. The summed E-state index contributed by atoms with van der Waals surface area (Å²) in [5.41, 5.74) is 1.38. The second-order valence-electron chi connectivity index (χ2n) is 10.6. The predicted molar refractivity (Wildman–Crippen MR) is 150 cm³/mol. The Morgan fingerprint density at radius 3 is 2.07 bits per heavy atom. The quantitative estimate of drug-likeness (QED) is 0.373. The molecule has 0 aromatic heterocycles. The Morgan fingerprint density at radius 2 is 1.51 bits per heavy atom. The van der Waals surface area contributed by atoms with E-state index in [1.54, 1.807) is 49.9 Å². The van der Waals surface area contributed by atoms with Gasteiger partial charge in [-0.2, -0.15) is 13.2 Å². The fourth-order valence-corrected chi connectivity index (χ4v) is 5.56. The number of allylic oxidation sites excluding steroid dienone is 1. The third-order valence-corrected chi connectivity index (χ3v) is 7.90. The number of piperidine rings is 1. The highest BCUT2D eigenvalue weighted by atomic mass is 19.4. The molecule has 230 valence electrons. The third-order valence-electron chi connectivity index (χ3n) is 7.90. The predicted octanol–water partition coefficient (Wildman–Crippen LogP) is 5.47. The first-order chi connectivity index (χ1) is 20.4. The molecular weight excluding hydrogens is 565 g/mol. The van der Waals surface area contributed by atoms with Crippen molar-refractivity contribution in [2.45, 2.75) is 58.7 Å². The van der Waals surface area contributed by atoms with Crippen molar-refractivity contribution in [1.29, 1.82) is 0 Å². The lowest BCUT2D eigenvalue weighted by Gasteiger charge is -2.34. The van der Waals surface area contributed by atoms with Gasteiger partial charge in [-0.1, -0.05) is 24.3 Å². The van der Waals surface area contributed by atoms with Crippen LogP contribution in [-0.2, 0) is 36.6 Å². The summed E-state index contributed by atoms with van der Waals surface area (Å²) in [7, 11) is 0. The Kier molecular flexibility index (Phi) is 9.93. The van der Waals surface area contributed by atoms with Crippen LogP contribution in [0.3, 0.4) is 0 Å². The number of carbonyl (C=O) groups is 4. The topological polar surface area (TPSA) is 93.2 Å². The van der Waals surface area contributed by atoms with Crippen molar-refractivity contribution < 1.29 is 41.8 Å². The molecule has 0 saturated carbocycles. The van der Waals surface area contributed by atoms with E-state index in [2.05, 4.69) is 0 Å². The van der Waals surface area contributed by atoms with Gasteiger partial charge in [0.15, 0.2) is 0 Å². The maximum atomic E-state index is 13.3. The van der Waals surface area contributed by atoms with Crippen molar-refractivity contribution in [3.8, 4) is 0 Å². The van der Waals surface area contributed by atoms with E-state index in [9.17, 15) is 32.3 Å². The molecule has 0 aliphatic carbocycles. The van der Waals surface area contributed by atoms with Crippen LogP contribution in [0.15, 0.2) is 59.8 Å². The molecule has 0 N–H and O–H groups in total. The number of amides is 2. The van der Waals surface area contributed by atoms with Gasteiger partial charge < -0.3 is 19.3 Å². The molecule has 0 unspecified atom stereocenters. The molecule has 2 aromatic carbocycles. The summed E-state index contributed by atoms with van der Waals surface area (Å²) in [4.78, 5) is 54.5. The molecule has 11 heteroatoms. The highest BCUT2D eigenvalue weighted by Crippen LogP contribution is 2.39. The van der Waals surface area contributed by atoms with Crippen molar-refractivity contribution in [2.24, 2.45) is 5.92 Å². The average Bonchev–Trinajstić information content (AvgIpc) is 2.99. The summed E-state index contributed by atoms with van der Waals surface area (Å²) in [6.45, 7) is 6.49. The first-order valence-electron chi connectivity index (χ1n) is 14.3. The molecular formula is C32H35F3N2O6. The fourth-order valence-electron chi connectivity index (χ4n) is 5.56. The summed E-state index contributed by atoms with van der Waals surface area (Å²) in [6.07, 6.45) is -3.53. The Hall–Kier alpha value is -4.15. The van der Waals surface area contributed by atoms with Crippen LogP contribution in [0.1, 0.15) is 73.0 Å². The first kappa shape index (κ1) is 31.8. The van der Waals surface area contributed by atoms with E-state index < -0.39 is 23.6 Å². The molecule has 0 radical (unpaired) electrons. The number of carbonyl (C=O) groups excluding carboxylic acids is 4. The summed E-state index contributed by atoms with van der Waals surface area (Å²) in [5, 5.41) is 0. The molecule has 0 spiro atoms. The molecule has 1 saturated heterocycles. The number of likely N-dealkylation sites (tertiary alicyclic amines) is 1. The zero-order valence-corrected chi connectivity index (χ0v) is 24.4. The number of ether oxygens (including phenoxy) is 2. The largest absolute Gasteiger partial charge is 0.466 e. The molecule has 8 nitrogen and oxygen atoms in total. The van der Waals surface area contributed by atoms with E-state index in [0.717, 1.165) is 17.7 Å². The molecule has 1 fully saturated rings. The van der Waals surface area contributed by atoms with Gasteiger partial charge >= 0.3 is 18.1 Å². The Morgan fingerprint density at radius 1 is 0.907 bits per heavy atom. The maximum absolute atomic E-state index is 13.3. The molecule has 0 bridgehead atoms. The lowest BCUT2D eigenvalue weighted by atomic mass is 9.83. The molecule has 2 heterocycles. The van der Waals surface area contributed by atoms with E-state index in [-0.39, 0.29) is 48.8 Å². The number of hydrogen-bond acceptors (Lipinski definition) is 6. The van der Waals surface area contributed by atoms with E-state index in [1.165, 1.54) is 17.0 Å². The number of hydrogen-bond donors (Lipinski definition) is 0. The number of halogens is 3. The monoisotopic (exact) mass is 600 g/mol. The highest BCUT2D eigenvalue weighted by molar-refractivity contribution is 5.96. The molecule has 43 heavy (non-hydrogen) atoms. The van der Waals surface area contributed by atoms with Crippen molar-refractivity contribution in [3.05, 3.63) is 82.1 Å². The van der Waals surface area contributed by atoms with Crippen LogP contribution in [-0.4, -0.2) is 59.9 Å². The van der Waals surface area contributed by atoms with Gasteiger partial charge in [-0.3, -0.25) is 14.4 Å². The smallest absolute Gasteiger partial charge is 0.416 e. The zero-order valence-electron chi connectivity index (χ0n) is 24.4. The number of benzene rings is 2. The van der Waals surface area contributed by atoms with Crippen molar-refractivity contribution >= 4 is 23.8 Å². The SMILES string of the molecule is CCOC(=O)C1=C(C)N(Cc2ccc(C(=O)N3CCC(C(=O)OCC)CC3)cc2)C(=O)C[C@@H]1c1ccc(C(F)(F)F)cc1. The van der Waals surface area contributed by atoms with Crippen molar-refractivity contribution in [2.75, 3.05) is 26.3 Å². The van der Waals surface area contributed by atoms with Crippen LogP contribution >= 0.6 is 0 Å². The minimum atomic E-state index is -4.51. The van der Waals surface area contributed by atoms with Crippen LogP contribution in [0.4, 0.5) is 13.2 Å². The molecule has 4 rings (SSSR count). The van der Waals surface area contributed by atoms with Crippen LogP contribution in [0.5, 0.6) is 0 Å². The lowest BCUT2D eigenvalue weighted by Crippen LogP contribution is -2.40. The van der Waals surface area contributed by atoms with Crippen LogP contribution < -0.4 is 0 Å². The zero-order chi connectivity index (χ0) is 31.3. The van der Waals surface area contributed by atoms with Gasteiger partial charge in [0, 0.05) is 36.7 Å². The van der Waals surface area contributed by atoms with Gasteiger partial charge in [-0.05, 0) is 69.0 Å². The van der Waals surface area contributed by atoms with Crippen molar-refractivity contribution in [3.63, 3.8) is 0 Å². The van der Waals surface area contributed by atoms with E-state index in [0.29, 0.717) is 49.4 Å². The van der Waals surface area contributed by atoms with Gasteiger partial charge in [0.2, 0.25) is 5.91 Å². The highest BCUT2D eigenvalue weighted by Gasteiger charge is 2.38. The second kappa shape index (κ2) is 13.4. The summed E-state index contributed by atoms with van der Waals surface area (Å²) in [6, 6.07) is 11.3. The van der Waals surface area contributed by atoms with Crippen LogP contribution in [0, 0.1) is 5.92 Å². The van der Waals surface area contributed by atoms with E-state index in [4.69, 9.17) is 9.47 Å². The maximum Gasteiger partial charge on any atom is 0.416 e. The molecule has 2 amide bonds. The lowest BCUT2D eigenvalue weighted by molar-refractivity contribution is -0.149. The molecule has 2 aromatic rings. The third kappa shape index (κ3) is 7.26. The molecule has 2 aliphatic heterocycles. The minimum absolute atomic E-state index is 0.0965. The average molecular weight is 601 g/mol. The number of nitrogens with zero attached hydrogens (tertiary/aromatic N) is 2. The van der Waals surface area contributed by atoms with Gasteiger partial charge in [0.1, 0.15) is 0 Å². The number of alkyl halides is 3. The Labute approximate surface area is 248 Å². The molecule has 1 atom stereocenters. The minimum Gasteiger partial charge on any atom is -0.466 e. The van der Waals surface area contributed by atoms with E-state index in [1.807, 2.05) is 0 Å². The Balaban J connectivity index is 1.50. The van der Waals surface area contributed by atoms with E-state index >= 15 is 0 Å². The normalized spacial score (nSPS) is 18.1. The van der Waals surface area contributed by atoms with Gasteiger partial charge in [0.25, 0.3) is 5.91 Å².